The highest BCUT2D eigenvalue weighted by Crippen LogP contribution is 2.24. The van der Waals surface area contributed by atoms with Crippen LogP contribution < -0.4 is 10.6 Å². The number of piperidine rings is 1. The van der Waals surface area contributed by atoms with E-state index in [1.807, 2.05) is 18.4 Å². The summed E-state index contributed by atoms with van der Waals surface area (Å²) >= 11 is 0. The smallest absolute Gasteiger partial charge is 0.409 e. The lowest BCUT2D eigenvalue weighted by Crippen LogP contribution is -2.48. The molecule has 2 atom stereocenters. The Kier molecular flexibility index (Phi) is 10.3. The molecule has 3 heterocycles. The molecule has 0 saturated carbocycles. The Bertz CT molecular complexity index is 1050. The van der Waals surface area contributed by atoms with E-state index < -0.39 is 8.07 Å². The van der Waals surface area contributed by atoms with Crippen molar-refractivity contribution in [1.29, 1.82) is 0 Å². The monoisotopic (exact) mass is 532 g/mol. The number of unbranched alkanes of at least 4 members (excludes halogenated alkanes) is 1. The van der Waals surface area contributed by atoms with Crippen molar-refractivity contribution in [3.05, 3.63) is 18.0 Å². The standard InChI is InChI=1S/C26H44N6O4Si/c1-7-9-12-36-26(34)32-11-10-20(15-19(32)3)29-22-16-28-24-23(30-22)21(25(33)27-8-2)17-31(24)18-35-13-14-37(4,5)6/h16-17,19-20H,7-15,18H2,1-6H3,(H,27,33)(H,29,30). The van der Waals surface area contributed by atoms with E-state index in [0.717, 1.165) is 31.7 Å². The molecule has 37 heavy (non-hydrogen) atoms. The minimum atomic E-state index is -1.19. The van der Waals surface area contributed by atoms with Crippen LogP contribution in [0.5, 0.6) is 0 Å². The Morgan fingerprint density at radius 2 is 2.00 bits per heavy atom. The van der Waals surface area contributed by atoms with E-state index in [4.69, 9.17) is 14.5 Å². The van der Waals surface area contributed by atoms with Gasteiger partial charge in [-0.05, 0) is 39.2 Å². The number of carbonyl (C=O) groups is 2. The number of aromatic nitrogens is 3. The number of hydrogen-bond acceptors (Lipinski definition) is 7. The van der Waals surface area contributed by atoms with Crippen LogP contribution in [0.1, 0.15) is 56.8 Å². The molecule has 0 aromatic carbocycles. The van der Waals surface area contributed by atoms with E-state index in [1.54, 1.807) is 17.3 Å². The number of fused-ring (bicyclic) bond motifs is 1. The number of likely N-dealkylation sites (tertiary alicyclic amines) is 1. The first-order valence-electron chi connectivity index (χ1n) is 13.5. The number of amides is 2. The molecular weight excluding hydrogens is 488 g/mol. The van der Waals surface area contributed by atoms with Gasteiger partial charge in [-0.15, -0.1) is 0 Å². The molecule has 2 aromatic rings. The minimum absolute atomic E-state index is 0.0531. The summed E-state index contributed by atoms with van der Waals surface area (Å²) in [6.45, 7) is 15.6. The van der Waals surface area contributed by atoms with Crippen LogP contribution in [0.3, 0.4) is 0 Å². The summed E-state index contributed by atoms with van der Waals surface area (Å²) < 4.78 is 13.2. The SMILES string of the molecule is CCCCOC(=O)N1CCC(Nc2cnc3c(n2)c(C(=O)NCC)cn3COCC[Si](C)(C)C)CC1C. The molecule has 1 saturated heterocycles. The van der Waals surface area contributed by atoms with Crippen molar-refractivity contribution in [3.8, 4) is 0 Å². The predicted octanol–water partition coefficient (Wildman–Crippen LogP) is 4.69. The average molecular weight is 533 g/mol. The zero-order chi connectivity index (χ0) is 27.0. The molecule has 2 unspecified atom stereocenters. The minimum Gasteiger partial charge on any atom is -0.449 e. The van der Waals surface area contributed by atoms with E-state index in [-0.39, 0.29) is 24.1 Å². The third-order valence-electron chi connectivity index (χ3n) is 6.56. The van der Waals surface area contributed by atoms with Crippen molar-refractivity contribution >= 4 is 37.1 Å². The predicted molar refractivity (Wildman–Crippen MR) is 149 cm³/mol. The van der Waals surface area contributed by atoms with E-state index in [9.17, 15) is 9.59 Å². The fraction of sp³-hybridized carbons (Fsp3) is 0.692. The second-order valence-corrected chi connectivity index (χ2v) is 16.6. The molecule has 11 heteroatoms. The summed E-state index contributed by atoms with van der Waals surface area (Å²) in [7, 11) is -1.19. The quantitative estimate of drug-likeness (QED) is 0.301. The van der Waals surface area contributed by atoms with Gasteiger partial charge in [-0.1, -0.05) is 33.0 Å². The van der Waals surface area contributed by atoms with Crippen LogP contribution in [0.4, 0.5) is 10.6 Å². The zero-order valence-corrected chi connectivity index (χ0v) is 24.3. The first kappa shape index (κ1) is 28.9. The average Bonchev–Trinajstić information content (AvgIpc) is 3.19. The van der Waals surface area contributed by atoms with Gasteiger partial charge in [-0.3, -0.25) is 4.79 Å². The number of nitrogens with zero attached hydrogens (tertiary/aromatic N) is 4. The molecule has 0 spiro atoms. The van der Waals surface area contributed by atoms with Crippen molar-refractivity contribution in [2.45, 2.75) is 91.0 Å². The van der Waals surface area contributed by atoms with Crippen molar-refractivity contribution in [3.63, 3.8) is 0 Å². The first-order valence-corrected chi connectivity index (χ1v) is 17.3. The molecule has 2 aromatic heterocycles. The van der Waals surface area contributed by atoms with E-state index in [1.165, 1.54) is 0 Å². The van der Waals surface area contributed by atoms with E-state index >= 15 is 0 Å². The number of hydrogen-bond donors (Lipinski definition) is 2. The second kappa shape index (κ2) is 13.2. The Hall–Kier alpha value is -2.66. The van der Waals surface area contributed by atoms with Gasteiger partial charge in [0.25, 0.3) is 5.91 Å². The van der Waals surface area contributed by atoms with Crippen LogP contribution in [-0.2, 0) is 16.2 Å². The summed E-state index contributed by atoms with van der Waals surface area (Å²) in [5.41, 5.74) is 1.66. The highest BCUT2D eigenvalue weighted by molar-refractivity contribution is 6.76. The summed E-state index contributed by atoms with van der Waals surface area (Å²) in [6.07, 6.45) is 6.68. The molecule has 2 amide bonds. The van der Waals surface area contributed by atoms with E-state index in [2.05, 4.69) is 42.2 Å². The fourth-order valence-electron chi connectivity index (χ4n) is 4.35. The van der Waals surface area contributed by atoms with Crippen LogP contribution in [0.2, 0.25) is 25.7 Å². The zero-order valence-electron chi connectivity index (χ0n) is 23.3. The van der Waals surface area contributed by atoms with Crippen molar-refractivity contribution in [1.82, 2.24) is 24.8 Å². The summed E-state index contributed by atoms with van der Waals surface area (Å²) in [6, 6.07) is 1.27. The Labute approximate surface area is 221 Å². The maximum Gasteiger partial charge on any atom is 0.409 e. The number of nitrogens with one attached hydrogen (secondary N) is 2. The van der Waals surface area contributed by atoms with Gasteiger partial charge in [-0.2, -0.15) is 0 Å². The molecule has 1 aliphatic heterocycles. The molecule has 2 N–H and O–H groups in total. The Morgan fingerprint density at radius 1 is 1.22 bits per heavy atom. The van der Waals surface area contributed by atoms with Crippen molar-refractivity contribution < 1.29 is 19.1 Å². The molecule has 10 nitrogen and oxygen atoms in total. The largest absolute Gasteiger partial charge is 0.449 e. The molecule has 206 valence electrons. The van der Waals surface area contributed by atoms with Gasteiger partial charge in [0.1, 0.15) is 18.1 Å². The summed E-state index contributed by atoms with van der Waals surface area (Å²) in [5.74, 6) is 0.440. The van der Waals surface area contributed by atoms with Gasteiger partial charge in [-0.25, -0.2) is 14.8 Å². The molecule has 1 aliphatic rings. The molecule has 1 fully saturated rings. The molecule has 0 aliphatic carbocycles. The molecular formula is C26H44N6O4Si. The molecule has 0 radical (unpaired) electrons. The Balaban J connectivity index is 1.69. The molecule has 3 rings (SSSR count). The number of rotatable bonds is 12. The first-order chi connectivity index (χ1) is 17.6. The number of carbonyl (C=O) groups excluding carboxylic acids is 2. The van der Waals surface area contributed by atoms with Gasteiger partial charge in [0.05, 0.1) is 18.4 Å². The van der Waals surface area contributed by atoms with Crippen LogP contribution >= 0.6 is 0 Å². The third-order valence-corrected chi connectivity index (χ3v) is 8.26. The number of ether oxygens (including phenoxy) is 2. The lowest BCUT2D eigenvalue weighted by Gasteiger charge is -2.37. The highest BCUT2D eigenvalue weighted by atomic mass is 28.3. The maximum atomic E-state index is 12.8. The van der Waals surface area contributed by atoms with Gasteiger partial charge in [0.2, 0.25) is 0 Å². The van der Waals surface area contributed by atoms with Gasteiger partial charge >= 0.3 is 6.09 Å². The van der Waals surface area contributed by atoms with Crippen molar-refractivity contribution in [2.75, 3.05) is 31.6 Å². The van der Waals surface area contributed by atoms with Crippen molar-refractivity contribution in [2.24, 2.45) is 0 Å². The van der Waals surface area contributed by atoms with Crippen LogP contribution in [0.15, 0.2) is 12.4 Å². The van der Waals surface area contributed by atoms with Gasteiger partial charge in [0, 0.05) is 46.1 Å². The van der Waals surface area contributed by atoms with Crippen LogP contribution in [-0.4, -0.2) is 77.9 Å². The van der Waals surface area contributed by atoms with Crippen LogP contribution in [0, 0.1) is 0 Å². The lowest BCUT2D eigenvalue weighted by atomic mass is 9.99. The fourth-order valence-corrected chi connectivity index (χ4v) is 5.11. The summed E-state index contributed by atoms with van der Waals surface area (Å²) in [4.78, 5) is 36.4. The van der Waals surface area contributed by atoms with Crippen LogP contribution in [0.25, 0.3) is 11.2 Å². The lowest BCUT2D eigenvalue weighted by molar-refractivity contribution is 0.0744. The highest BCUT2D eigenvalue weighted by Gasteiger charge is 2.30. The topological polar surface area (TPSA) is 111 Å². The number of anilines is 1. The van der Waals surface area contributed by atoms with E-state index in [0.29, 0.717) is 55.6 Å². The molecule has 0 bridgehead atoms. The third kappa shape index (κ3) is 8.16. The van der Waals surface area contributed by atoms with Gasteiger partial charge < -0.3 is 29.6 Å². The summed E-state index contributed by atoms with van der Waals surface area (Å²) in [5, 5.41) is 6.34. The Morgan fingerprint density at radius 3 is 2.68 bits per heavy atom. The van der Waals surface area contributed by atoms with Gasteiger partial charge in [0.15, 0.2) is 5.65 Å². The maximum absolute atomic E-state index is 12.8. The normalized spacial score (nSPS) is 18.2. The second-order valence-electron chi connectivity index (χ2n) is 11.0.